The number of amides is 3. The number of methoxy groups -OCH3 is 1. The summed E-state index contributed by atoms with van der Waals surface area (Å²) in [5, 5.41) is 13.7. The van der Waals surface area contributed by atoms with Crippen LogP contribution in [0.25, 0.3) is 0 Å². The number of hydrogen-bond donors (Lipinski definition) is 2. The van der Waals surface area contributed by atoms with Crippen molar-refractivity contribution in [3.8, 4) is 0 Å². The van der Waals surface area contributed by atoms with Crippen LogP contribution in [0.5, 0.6) is 0 Å². The van der Waals surface area contributed by atoms with Gasteiger partial charge in [-0.05, 0) is 68.2 Å². The Balaban J connectivity index is 1.55. The van der Waals surface area contributed by atoms with Crippen molar-refractivity contribution in [3.63, 3.8) is 0 Å². The topological polar surface area (TPSA) is 135 Å². The number of benzene rings is 2. The molecule has 2 aromatic carbocycles. The lowest BCUT2D eigenvalue weighted by Gasteiger charge is -2.40. The molecule has 5 rings (SSSR count). The zero-order valence-corrected chi connectivity index (χ0v) is 31.7. The molecule has 8 atom stereocenters. The van der Waals surface area contributed by atoms with E-state index in [0.29, 0.717) is 36.9 Å². The van der Waals surface area contributed by atoms with E-state index in [2.05, 4.69) is 18.5 Å². The summed E-state index contributed by atoms with van der Waals surface area (Å²) in [6, 6.07) is 12.4. The number of rotatable bonds is 18. The minimum atomic E-state index is -1.32. The lowest BCUT2D eigenvalue weighted by molar-refractivity contribution is -0.163. The SMILES string of the molecule is C=CCCC(=O)N[C@H](COC)[C@H](OC(=O)[C@@H]1[C@@H]2CC[C@]3(O2)[C@H](C(=O)N(CC=C)c2cc(C)ccc2C)N([C@@H](CO)CC(C)C)C(=O)[C@@H]13)c1ccccc1. The third-order valence-corrected chi connectivity index (χ3v) is 10.8. The number of fused-ring (bicyclic) bond motifs is 1. The van der Waals surface area contributed by atoms with Crippen molar-refractivity contribution in [2.75, 3.05) is 31.8 Å². The van der Waals surface area contributed by atoms with Gasteiger partial charge in [0.25, 0.3) is 5.91 Å². The Labute approximate surface area is 313 Å². The van der Waals surface area contributed by atoms with E-state index < -0.39 is 59.6 Å². The number of anilines is 1. The summed E-state index contributed by atoms with van der Waals surface area (Å²) in [6.07, 6.45) is 3.64. The van der Waals surface area contributed by atoms with Gasteiger partial charge in [0, 0.05) is 25.8 Å². The van der Waals surface area contributed by atoms with Crippen LogP contribution in [0.1, 0.15) is 68.7 Å². The molecule has 286 valence electrons. The van der Waals surface area contributed by atoms with Gasteiger partial charge in [0.05, 0.1) is 43.2 Å². The molecule has 0 saturated carbocycles. The molecule has 0 radical (unpaired) electrons. The number of aliphatic hydroxyl groups excluding tert-OH is 1. The molecule has 3 aliphatic heterocycles. The zero-order chi connectivity index (χ0) is 38.4. The highest BCUT2D eigenvalue weighted by molar-refractivity contribution is 6.05. The first kappa shape index (κ1) is 39.9. The summed E-state index contributed by atoms with van der Waals surface area (Å²) < 4.78 is 18.6. The van der Waals surface area contributed by atoms with E-state index in [1.165, 1.54) is 12.0 Å². The summed E-state index contributed by atoms with van der Waals surface area (Å²) in [5.74, 6) is -3.60. The highest BCUT2D eigenvalue weighted by atomic mass is 16.6. The fourth-order valence-corrected chi connectivity index (χ4v) is 8.57. The molecule has 11 heteroatoms. The quantitative estimate of drug-likeness (QED) is 0.162. The molecule has 53 heavy (non-hydrogen) atoms. The third kappa shape index (κ3) is 7.98. The second kappa shape index (κ2) is 17.2. The van der Waals surface area contributed by atoms with Gasteiger partial charge in [-0.1, -0.05) is 68.5 Å². The zero-order valence-electron chi connectivity index (χ0n) is 31.7. The maximum absolute atomic E-state index is 15.1. The average Bonchev–Trinajstić information content (AvgIpc) is 3.79. The van der Waals surface area contributed by atoms with E-state index in [-0.39, 0.29) is 43.9 Å². The lowest BCUT2D eigenvalue weighted by atomic mass is 9.70. The number of likely N-dealkylation sites (tertiary alicyclic amines) is 1. The maximum Gasteiger partial charge on any atom is 0.313 e. The van der Waals surface area contributed by atoms with Crippen LogP contribution >= 0.6 is 0 Å². The van der Waals surface area contributed by atoms with Crippen LogP contribution in [0, 0.1) is 31.6 Å². The highest BCUT2D eigenvalue weighted by Gasteiger charge is 2.76. The Morgan fingerprint density at radius 1 is 1.13 bits per heavy atom. The highest BCUT2D eigenvalue weighted by Crippen LogP contribution is 2.59. The van der Waals surface area contributed by atoms with E-state index in [1.54, 1.807) is 17.1 Å². The molecule has 3 amide bonds. The Kier molecular flexibility index (Phi) is 13.0. The molecule has 2 aromatic rings. The third-order valence-electron chi connectivity index (χ3n) is 10.8. The van der Waals surface area contributed by atoms with Crippen molar-refractivity contribution >= 4 is 29.4 Å². The van der Waals surface area contributed by atoms with Crippen LogP contribution in [-0.2, 0) is 33.4 Å². The molecule has 11 nitrogen and oxygen atoms in total. The fourth-order valence-electron chi connectivity index (χ4n) is 8.57. The van der Waals surface area contributed by atoms with Crippen LogP contribution in [0.4, 0.5) is 5.69 Å². The summed E-state index contributed by atoms with van der Waals surface area (Å²) in [7, 11) is 1.51. The van der Waals surface area contributed by atoms with E-state index in [0.717, 1.165) is 11.1 Å². The van der Waals surface area contributed by atoms with Gasteiger partial charge in [-0.25, -0.2) is 0 Å². The van der Waals surface area contributed by atoms with E-state index in [4.69, 9.17) is 14.2 Å². The molecule has 3 heterocycles. The second-order valence-electron chi connectivity index (χ2n) is 15.0. The van der Waals surface area contributed by atoms with E-state index >= 15 is 4.79 Å². The molecule has 1 spiro atoms. The second-order valence-corrected chi connectivity index (χ2v) is 15.0. The molecule has 3 saturated heterocycles. The number of hydrogen-bond acceptors (Lipinski definition) is 8. The summed E-state index contributed by atoms with van der Waals surface area (Å²) >= 11 is 0. The molecule has 2 bridgehead atoms. The maximum atomic E-state index is 15.1. The number of esters is 1. The van der Waals surface area contributed by atoms with Crippen LogP contribution in [0.2, 0.25) is 0 Å². The first-order valence-corrected chi connectivity index (χ1v) is 18.7. The number of aliphatic hydroxyl groups is 1. The largest absolute Gasteiger partial charge is 0.455 e. The van der Waals surface area contributed by atoms with Crippen molar-refractivity contribution in [3.05, 3.63) is 90.5 Å². The van der Waals surface area contributed by atoms with E-state index in [1.807, 2.05) is 76.2 Å². The van der Waals surface area contributed by atoms with Crippen LogP contribution in [0.3, 0.4) is 0 Å². The predicted octanol–water partition coefficient (Wildman–Crippen LogP) is 4.99. The summed E-state index contributed by atoms with van der Waals surface area (Å²) in [5.41, 5.74) is 1.86. The van der Waals surface area contributed by atoms with Crippen molar-refractivity contribution < 1.29 is 38.5 Å². The Morgan fingerprint density at radius 3 is 2.51 bits per heavy atom. The lowest BCUT2D eigenvalue weighted by Crippen LogP contribution is -2.59. The number of ether oxygens (including phenoxy) is 3. The Bertz CT molecular complexity index is 1660. The monoisotopic (exact) mass is 729 g/mol. The summed E-state index contributed by atoms with van der Waals surface area (Å²) in [4.78, 5) is 60.7. The van der Waals surface area contributed by atoms with Gasteiger partial charge in [0.15, 0.2) is 0 Å². The number of nitrogens with one attached hydrogen (secondary N) is 1. The van der Waals surface area contributed by atoms with Crippen molar-refractivity contribution in [1.82, 2.24) is 10.2 Å². The predicted molar refractivity (Wildman–Crippen MR) is 202 cm³/mol. The number of carbonyl (C=O) groups is 4. The fraction of sp³-hybridized carbons (Fsp3) is 0.524. The molecular weight excluding hydrogens is 674 g/mol. The molecule has 0 unspecified atom stereocenters. The standard InChI is InChI=1S/C42H55N3O8/c1-8-10-16-34(47)43-31(25-51-7)37(29-14-12-11-13-15-29)52-41(50)35-33-19-20-42(53-33)36(35)39(48)45(30(24-46)22-26(3)4)38(42)40(49)44(21-9-2)32-23-27(5)17-18-28(32)6/h8-9,11-15,17-18,23,26,30-31,33,35-38,46H,1-2,10,16,19-22,24-25H2,3-7H3,(H,43,47)/t30-,31-,33+,35-,36-,37-,38+,42-/m1/s1. The average molecular weight is 730 g/mol. The molecule has 3 aliphatic rings. The Hall–Kier alpha value is -4.32. The van der Waals surface area contributed by atoms with Crippen molar-refractivity contribution in [2.45, 2.75) is 95.7 Å². The smallest absolute Gasteiger partial charge is 0.313 e. The summed E-state index contributed by atoms with van der Waals surface area (Å²) in [6.45, 7) is 15.4. The molecule has 3 fully saturated rings. The van der Waals surface area contributed by atoms with Gasteiger partial charge in [0.1, 0.15) is 17.7 Å². The van der Waals surface area contributed by atoms with Crippen molar-refractivity contribution in [2.24, 2.45) is 17.8 Å². The van der Waals surface area contributed by atoms with Gasteiger partial charge in [0.2, 0.25) is 11.8 Å². The van der Waals surface area contributed by atoms with Crippen LogP contribution in [-0.4, -0.2) is 90.4 Å². The van der Waals surface area contributed by atoms with Gasteiger partial charge in [-0.15, -0.1) is 13.2 Å². The molecule has 2 N–H and O–H groups in total. The molecular formula is C42H55N3O8. The van der Waals surface area contributed by atoms with E-state index in [9.17, 15) is 19.5 Å². The normalized spacial score (nSPS) is 24.7. The first-order chi connectivity index (χ1) is 25.4. The number of carbonyl (C=O) groups excluding carboxylic acids is 4. The van der Waals surface area contributed by atoms with Crippen LogP contribution < -0.4 is 10.2 Å². The number of aryl methyl sites for hydroxylation is 2. The van der Waals surface area contributed by atoms with Crippen LogP contribution in [0.15, 0.2) is 73.8 Å². The van der Waals surface area contributed by atoms with Gasteiger partial charge in [-0.3, -0.25) is 19.2 Å². The van der Waals surface area contributed by atoms with Gasteiger partial charge < -0.3 is 34.4 Å². The van der Waals surface area contributed by atoms with Gasteiger partial charge >= 0.3 is 5.97 Å². The minimum absolute atomic E-state index is 0.0544. The minimum Gasteiger partial charge on any atom is -0.455 e. The number of allylic oxidation sites excluding steroid dienone is 1. The van der Waals surface area contributed by atoms with Gasteiger partial charge in [-0.2, -0.15) is 0 Å². The molecule has 0 aliphatic carbocycles. The van der Waals surface area contributed by atoms with Crippen molar-refractivity contribution in [1.29, 1.82) is 0 Å². The number of nitrogens with zero attached hydrogens (tertiary/aromatic N) is 2. The first-order valence-electron chi connectivity index (χ1n) is 18.7. The molecule has 0 aromatic heterocycles. The Morgan fingerprint density at radius 2 is 1.87 bits per heavy atom.